The summed E-state index contributed by atoms with van der Waals surface area (Å²) < 4.78 is 50.1. The maximum absolute atomic E-state index is 14.5. The topological polar surface area (TPSA) is 57.2 Å². The highest BCUT2D eigenvalue weighted by atomic mass is 19.3. The van der Waals surface area contributed by atoms with E-state index in [0.29, 0.717) is 23.7 Å². The van der Waals surface area contributed by atoms with Crippen molar-refractivity contribution in [3.05, 3.63) is 42.0 Å². The number of methoxy groups -OCH3 is 3. The van der Waals surface area contributed by atoms with Gasteiger partial charge >= 0.3 is 11.8 Å². The van der Waals surface area contributed by atoms with E-state index in [2.05, 4.69) is 0 Å². The molecule has 2 aromatic carbocycles. The Hall–Kier alpha value is -3.03. The highest BCUT2D eigenvalue weighted by Crippen LogP contribution is 2.52. The van der Waals surface area contributed by atoms with E-state index < -0.39 is 17.9 Å². The van der Waals surface area contributed by atoms with Crippen molar-refractivity contribution >= 4 is 11.6 Å². The van der Waals surface area contributed by atoms with Crippen LogP contribution < -0.4 is 23.8 Å². The van der Waals surface area contributed by atoms with Gasteiger partial charge in [-0.15, -0.1) is 0 Å². The summed E-state index contributed by atoms with van der Waals surface area (Å²) in [6.45, 7) is 2.30. The second-order valence-corrected chi connectivity index (χ2v) is 6.09. The van der Waals surface area contributed by atoms with Crippen LogP contribution in [0.3, 0.4) is 0 Å². The normalized spacial score (nSPS) is 17.7. The van der Waals surface area contributed by atoms with Crippen molar-refractivity contribution in [3.8, 4) is 23.0 Å². The van der Waals surface area contributed by atoms with Crippen LogP contribution in [0, 0.1) is 0 Å². The Bertz CT molecular complexity index is 844. The summed E-state index contributed by atoms with van der Waals surface area (Å²) in [7, 11) is 4.26. The minimum atomic E-state index is -3.52. The minimum Gasteiger partial charge on any atom is -0.494 e. The fourth-order valence-electron chi connectivity index (χ4n) is 3.23. The van der Waals surface area contributed by atoms with Crippen LogP contribution in [0.4, 0.5) is 14.5 Å². The van der Waals surface area contributed by atoms with Crippen molar-refractivity contribution < 1.29 is 32.5 Å². The molecule has 0 aromatic heterocycles. The predicted molar refractivity (Wildman–Crippen MR) is 98.9 cm³/mol. The van der Waals surface area contributed by atoms with Crippen LogP contribution >= 0.6 is 0 Å². The van der Waals surface area contributed by atoms with Gasteiger partial charge in [0.05, 0.1) is 33.6 Å². The molecule has 1 atom stereocenters. The number of ether oxygens (including phenoxy) is 4. The van der Waals surface area contributed by atoms with Crippen LogP contribution in [0.2, 0.25) is 0 Å². The molecule has 0 N–H and O–H groups in total. The van der Waals surface area contributed by atoms with E-state index in [1.165, 1.54) is 45.6 Å². The molecule has 1 fully saturated rings. The standard InChI is InChI=1S/C20H21F2NO5/c1-5-28-14-8-6-12(7-9-14)18-20(21,22)19(24)23(18)13-10-15(25-2)17(27-4)16(11-13)26-3/h6-11,18H,5H2,1-4H3. The molecule has 1 saturated heterocycles. The summed E-state index contributed by atoms with van der Waals surface area (Å²) in [5.74, 6) is -3.39. The molecule has 0 spiro atoms. The van der Waals surface area contributed by atoms with Gasteiger partial charge in [-0.3, -0.25) is 9.69 Å². The van der Waals surface area contributed by atoms with Gasteiger partial charge in [-0.2, -0.15) is 8.78 Å². The first kappa shape index (κ1) is 19.7. The number of rotatable bonds is 7. The Morgan fingerprint density at radius 2 is 1.57 bits per heavy atom. The van der Waals surface area contributed by atoms with E-state index in [1.807, 2.05) is 6.92 Å². The Labute approximate surface area is 161 Å². The summed E-state index contributed by atoms with van der Waals surface area (Å²) >= 11 is 0. The lowest BCUT2D eigenvalue weighted by atomic mass is 9.88. The van der Waals surface area contributed by atoms with Crippen LogP contribution in [-0.2, 0) is 4.79 Å². The monoisotopic (exact) mass is 393 g/mol. The molecule has 1 heterocycles. The third-order valence-corrected chi connectivity index (χ3v) is 4.54. The predicted octanol–water partition coefficient (Wildman–Crippen LogP) is 3.83. The molecular formula is C20H21F2NO5. The summed E-state index contributed by atoms with van der Waals surface area (Å²) in [6, 6.07) is 7.75. The van der Waals surface area contributed by atoms with Gasteiger partial charge in [0.1, 0.15) is 11.8 Å². The minimum absolute atomic E-state index is 0.226. The molecule has 0 radical (unpaired) electrons. The van der Waals surface area contributed by atoms with Gasteiger partial charge in [0, 0.05) is 12.1 Å². The van der Waals surface area contributed by atoms with Crippen LogP contribution in [0.15, 0.2) is 36.4 Å². The van der Waals surface area contributed by atoms with Crippen molar-refractivity contribution in [1.82, 2.24) is 0 Å². The lowest BCUT2D eigenvalue weighted by molar-refractivity contribution is -0.162. The Morgan fingerprint density at radius 1 is 1.00 bits per heavy atom. The number of hydrogen-bond acceptors (Lipinski definition) is 5. The lowest BCUT2D eigenvalue weighted by Gasteiger charge is -2.46. The van der Waals surface area contributed by atoms with Gasteiger partial charge in [0.2, 0.25) is 5.75 Å². The molecule has 1 aliphatic heterocycles. The van der Waals surface area contributed by atoms with Crippen LogP contribution in [0.25, 0.3) is 0 Å². The maximum Gasteiger partial charge on any atom is 0.349 e. The number of hydrogen-bond donors (Lipinski definition) is 0. The molecule has 8 heteroatoms. The average Bonchev–Trinajstić information content (AvgIpc) is 2.71. The number of carbonyl (C=O) groups excluding carboxylic acids is 1. The third-order valence-electron chi connectivity index (χ3n) is 4.54. The number of β-lactam (4-membered cyclic amide) rings is 1. The fourth-order valence-corrected chi connectivity index (χ4v) is 3.23. The van der Waals surface area contributed by atoms with Crippen molar-refractivity contribution in [2.24, 2.45) is 0 Å². The molecule has 1 aliphatic rings. The molecule has 150 valence electrons. The van der Waals surface area contributed by atoms with E-state index in [-0.39, 0.29) is 17.2 Å². The van der Waals surface area contributed by atoms with E-state index in [9.17, 15) is 13.6 Å². The molecule has 0 aliphatic carbocycles. The molecule has 2 aromatic rings. The SMILES string of the molecule is CCOc1ccc(C2N(c3cc(OC)c(OC)c(OC)c3)C(=O)C2(F)F)cc1. The van der Waals surface area contributed by atoms with Crippen LogP contribution in [-0.4, -0.2) is 39.8 Å². The van der Waals surface area contributed by atoms with E-state index >= 15 is 0 Å². The number of alkyl halides is 2. The zero-order valence-electron chi connectivity index (χ0n) is 16.0. The molecule has 1 unspecified atom stereocenters. The first-order valence-electron chi connectivity index (χ1n) is 8.63. The van der Waals surface area contributed by atoms with E-state index in [4.69, 9.17) is 18.9 Å². The molecule has 28 heavy (non-hydrogen) atoms. The summed E-state index contributed by atoms with van der Waals surface area (Å²) in [5, 5.41) is 0. The van der Waals surface area contributed by atoms with Crippen molar-refractivity contribution in [2.75, 3.05) is 32.8 Å². The molecule has 0 saturated carbocycles. The number of nitrogens with zero attached hydrogens (tertiary/aromatic N) is 1. The highest BCUT2D eigenvalue weighted by Gasteiger charge is 2.64. The second kappa shape index (κ2) is 7.53. The molecular weight excluding hydrogens is 372 g/mol. The van der Waals surface area contributed by atoms with Crippen molar-refractivity contribution in [3.63, 3.8) is 0 Å². The summed E-state index contributed by atoms with van der Waals surface area (Å²) in [4.78, 5) is 13.3. The number of benzene rings is 2. The lowest BCUT2D eigenvalue weighted by Crippen LogP contribution is -2.64. The Kier molecular flexibility index (Phi) is 5.31. The molecule has 6 nitrogen and oxygen atoms in total. The molecule has 1 amide bonds. The third kappa shape index (κ3) is 3.08. The van der Waals surface area contributed by atoms with Crippen molar-refractivity contribution in [2.45, 2.75) is 18.9 Å². The Morgan fingerprint density at radius 3 is 2.04 bits per heavy atom. The van der Waals surface area contributed by atoms with Gasteiger partial charge in [0.15, 0.2) is 11.5 Å². The number of halogens is 2. The average molecular weight is 393 g/mol. The number of anilines is 1. The summed E-state index contributed by atoms with van der Waals surface area (Å²) in [6.07, 6.45) is 0. The van der Waals surface area contributed by atoms with Crippen molar-refractivity contribution in [1.29, 1.82) is 0 Å². The smallest absolute Gasteiger partial charge is 0.349 e. The van der Waals surface area contributed by atoms with Gasteiger partial charge in [-0.1, -0.05) is 12.1 Å². The van der Waals surface area contributed by atoms with E-state index in [0.717, 1.165) is 4.90 Å². The van der Waals surface area contributed by atoms with Gasteiger partial charge < -0.3 is 18.9 Å². The zero-order valence-corrected chi connectivity index (χ0v) is 16.0. The second-order valence-electron chi connectivity index (χ2n) is 6.09. The first-order valence-corrected chi connectivity index (χ1v) is 8.63. The highest BCUT2D eigenvalue weighted by molar-refractivity contribution is 6.07. The maximum atomic E-state index is 14.5. The quantitative estimate of drug-likeness (QED) is 0.669. The van der Waals surface area contributed by atoms with E-state index in [1.54, 1.807) is 12.1 Å². The fraction of sp³-hybridized carbons (Fsp3) is 0.350. The number of carbonyl (C=O) groups is 1. The molecule has 3 rings (SSSR count). The van der Waals surface area contributed by atoms with Crippen LogP contribution in [0.5, 0.6) is 23.0 Å². The number of amides is 1. The zero-order chi connectivity index (χ0) is 20.5. The van der Waals surface area contributed by atoms with Crippen LogP contribution in [0.1, 0.15) is 18.5 Å². The van der Waals surface area contributed by atoms with Gasteiger partial charge in [0.25, 0.3) is 0 Å². The Balaban J connectivity index is 2.03. The van der Waals surface area contributed by atoms with Gasteiger partial charge in [-0.05, 0) is 24.6 Å². The summed E-state index contributed by atoms with van der Waals surface area (Å²) in [5.41, 5.74) is 0.520. The largest absolute Gasteiger partial charge is 0.494 e. The first-order chi connectivity index (χ1) is 13.4. The molecule has 0 bridgehead atoms. The van der Waals surface area contributed by atoms with Gasteiger partial charge in [-0.25, -0.2) is 0 Å².